The second-order valence-corrected chi connectivity index (χ2v) is 3.99. The molecule has 0 aromatic carbocycles. The fraction of sp³-hybridized carbons (Fsp3) is 0.444. The summed E-state index contributed by atoms with van der Waals surface area (Å²) in [5, 5.41) is 2.11. The van der Waals surface area contributed by atoms with Crippen molar-refractivity contribution in [2.75, 3.05) is 31.7 Å². The normalized spacial score (nSPS) is 18.1. The van der Waals surface area contributed by atoms with Crippen molar-refractivity contribution in [3.8, 4) is 0 Å². The summed E-state index contributed by atoms with van der Waals surface area (Å²) in [6.45, 7) is 3.36. The molecular weight excluding hydrogens is 246 g/mol. The van der Waals surface area contributed by atoms with Crippen LogP contribution in [-0.4, -0.2) is 36.3 Å². The van der Waals surface area contributed by atoms with Gasteiger partial charge in [0.15, 0.2) is 0 Å². The number of morpholine rings is 1. The monoisotopic (exact) mass is 257 g/mol. The van der Waals surface area contributed by atoms with Crippen LogP contribution in [0.25, 0.3) is 0 Å². The topological polar surface area (TPSA) is 37.4 Å². The van der Waals surface area contributed by atoms with Crippen LogP contribution in [-0.2, 0) is 4.74 Å². The van der Waals surface area contributed by atoms with Gasteiger partial charge in [-0.3, -0.25) is 0 Å². The van der Waals surface area contributed by atoms with Crippen molar-refractivity contribution in [2.24, 2.45) is 0 Å². The molecule has 1 N–H and O–H groups in total. The van der Waals surface area contributed by atoms with Gasteiger partial charge in [-0.15, -0.1) is 0 Å². The average Bonchev–Trinajstić information content (AvgIpc) is 2.23. The third-order valence-electron chi connectivity index (χ3n) is 2.01. The number of rotatable bonds is 2. The molecule has 0 unspecified atom stereocenters. The molecule has 2 rings (SSSR count). The Morgan fingerprint density at radius 2 is 2.14 bits per heavy atom. The lowest BCUT2D eigenvalue weighted by Gasteiger charge is -2.27. The van der Waals surface area contributed by atoms with E-state index >= 15 is 0 Å². The minimum Gasteiger partial charge on any atom is -0.379 e. The van der Waals surface area contributed by atoms with Crippen LogP contribution in [0.1, 0.15) is 0 Å². The van der Waals surface area contributed by atoms with Crippen LogP contribution in [0.5, 0.6) is 0 Å². The average molecular weight is 258 g/mol. The first-order valence-corrected chi connectivity index (χ1v) is 5.35. The van der Waals surface area contributed by atoms with E-state index in [4.69, 9.17) is 4.74 Å². The highest BCUT2D eigenvalue weighted by Gasteiger charge is 2.09. The highest BCUT2D eigenvalue weighted by Crippen LogP contribution is 2.11. The van der Waals surface area contributed by atoms with Gasteiger partial charge < -0.3 is 10.2 Å². The molecule has 1 aromatic rings. The van der Waals surface area contributed by atoms with Crippen molar-refractivity contribution >= 4 is 21.7 Å². The van der Waals surface area contributed by atoms with Crippen LogP contribution in [0.3, 0.4) is 0 Å². The molecule has 5 heteroatoms. The van der Waals surface area contributed by atoms with E-state index in [2.05, 4.69) is 31.3 Å². The standard InChI is InChI=1S/C9H12BrN3O/c10-8-1-2-9(11-7-8)12-13-3-5-14-6-4-13/h1-2,7H,3-6H2,(H,11,12). The van der Waals surface area contributed by atoms with E-state index in [0.29, 0.717) is 0 Å². The van der Waals surface area contributed by atoms with E-state index in [0.717, 1.165) is 36.6 Å². The van der Waals surface area contributed by atoms with E-state index in [9.17, 15) is 0 Å². The molecule has 1 aliphatic rings. The van der Waals surface area contributed by atoms with Gasteiger partial charge in [-0.25, -0.2) is 9.99 Å². The summed E-state index contributed by atoms with van der Waals surface area (Å²) < 4.78 is 6.24. The maximum absolute atomic E-state index is 5.25. The molecule has 1 saturated heterocycles. The summed E-state index contributed by atoms with van der Waals surface area (Å²) in [5.41, 5.74) is 3.23. The highest BCUT2D eigenvalue weighted by molar-refractivity contribution is 9.10. The quantitative estimate of drug-likeness (QED) is 0.872. The lowest BCUT2D eigenvalue weighted by molar-refractivity contribution is 0.0495. The predicted molar refractivity (Wildman–Crippen MR) is 58.0 cm³/mol. The summed E-state index contributed by atoms with van der Waals surface area (Å²) in [5.74, 6) is 0.870. The Hall–Kier alpha value is -0.650. The molecule has 1 fully saturated rings. The van der Waals surface area contributed by atoms with Crippen molar-refractivity contribution in [1.29, 1.82) is 0 Å². The number of hydrazine groups is 1. The summed E-state index contributed by atoms with van der Waals surface area (Å²) in [7, 11) is 0. The van der Waals surface area contributed by atoms with Crippen LogP contribution < -0.4 is 5.43 Å². The van der Waals surface area contributed by atoms with Gasteiger partial charge in [-0.2, -0.15) is 0 Å². The number of hydrogen-bond acceptors (Lipinski definition) is 4. The predicted octanol–water partition coefficient (Wildman–Crippen LogP) is 1.50. The fourth-order valence-electron chi connectivity index (χ4n) is 1.28. The first-order chi connectivity index (χ1) is 6.84. The third kappa shape index (κ3) is 2.67. The molecule has 0 spiro atoms. The van der Waals surface area contributed by atoms with E-state index in [-0.39, 0.29) is 0 Å². The molecule has 0 bridgehead atoms. The highest BCUT2D eigenvalue weighted by atomic mass is 79.9. The third-order valence-corrected chi connectivity index (χ3v) is 2.48. The maximum atomic E-state index is 5.25. The number of aromatic nitrogens is 1. The molecular formula is C9H12BrN3O. The molecule has 0 amide bonds. The molecule has 14 heavy (non-hydrogen) atoms. The number of anilines is 1. The zero-order valence-corrected chi connectivity index (χ0v) is 9.33. The molecule has 0 radical (unpaired) electrons. The number of hydrogen-bond donors (Lipinski definition) is 1. The first-order valence-electron chi connectivity index (χ1n) is 4.55. The van der Waals surface area contributed by atoms with Gasteiger partial charge in [-0.1, -0.05) is 0 Å². The van der Waals surface area contributed by atoms with Gasteiger partial charge in [0.05, 0.1) is 13.2 Å². The Morgan fingerprint density at radius 3 is 2.79 bits per heavy atom. The molecule has 4 nitrogen and oxygen atoms in total. The van der Waals surface area contributed by atoms with Crippen LogP contribution in [0.15, 0.2) is 22.8 Å². The van der Waals surface area contributed by atoms with Crippen LogP contribution in [0.4, 0.5) is 5.82 Å². The molecule has 0 atom stereocenters. The van der Waals surface area contributed by atoms with E-state index in [1.165, 1.54) is 0 Å². The number of halogens is 1. The van der Waals surface area contributed by atoms with Crippen molar-refractivity contribution in [3.63, 3.8) is 0 Å². The summed E-state index contributed by atoms with van der Waals surface area (Å²) in [6, 6.07) is 3.91. The molecule has 1 aromatic heterocycles. The smallest absolute Gasteiger partial charge is 0.140 e. The zero-order chi connectivity index (χ0) is 9.80. The van der Waals surface area contributed by atoms with Gasteiger partial charge in [0.25, 0.3) is 0 Å². The maximum Gasteiger partial charge on any atom is 0.140 e. The van der Waals surface area contributed by atoms with Crippen molar-refractivity contribution in [2.45, 2.75) is 0 Å². The van der Waals surface area contributed by atoms with Crippen molar-refractivity contribution in [1.82, 2.24) is 9.99 Å². The number of nitrogens with zero attached hydrogens (tertiary/aromatic N) is 2. The van der Waals surface area contributed by atoms with Gasteiger partial charge in [0, 0.05) is 23.8 Å². The molecule has 2 heterocycles. The van der Waals surface area contributed by atoms with Gasteiger partial charge in [0.2, 0.25) is 0 Å². The second kappa shape index (κ2) is 4.72. The lowest BCUT2D eigenvalue weighted by atomic mass is 10.4. The lowest BCUT2D eigenvalue weighted by Crippen LogP contribution is -2.40. The Kier molecular flexibility index (Phi) is 3.34. The fourth-order valence-corrected chi connectivity index (χ4v) is 1.51. The van der Waals surface area contributed by atoms with Gasteiger partial charge >= 0.3 is 0 Å². The Balaban J connectivity index is 1.92. The van der Waals surface area contributed by atoms with Crippen LogP contribution in [0.2, 0.25) is 0 Å². The summed E-state index contributed by atoms with van der Waals surface area (Å²) in [4.78, 5) is 4.23. The van der Waals surface area contributed by atoms with Gasteiger partial charge in [-0.05, 0) is 28.1 Å². The number of ether oxygens (including phenoxy) is 1. The van der Waals surface area contributed by atoms with Crippen LogP contribution >= 0.6 is 15.9 Å². The van der Waals surface area contributed by atoms with E-state index in [1.54, 1.807) is 6.20 Å². The Morgan fingerprint density at radius 1 is 1.36 bits per heavy atom. The van der Waals surface area contributed by atoms with Crippen molar-refractivity contribution < 1.29 is 4.74 Å². The van der Waals surface area contributed by atoms with Crippen LogP contribution in [0, 0.1) is 0 Å². The molecule has 1 aliphatic heterocycles. The number of nitrogens with one attached hydrogen (secondary N) is 1. The Labute approximate surface area is 91.4 Å². The largest absolute Gasteiger partial charge is 0.379 e. The zero-order valence-electron chi connectivity index (χ0n) is 7.74. The minimum absolute atomic E-state index is 0.781. The Bertz CT molecular complexity index is 285. The first kappa shape index (κ1) is 9.89. The SMILES string of the molecule is Brc1ccc(NN2CCOCC2)nc1. The molecule has 0 aliphatic carbocycles. The summed E-state index contributed by atoms with van der Waals surface area (Å²) >= 11 is 3.35. The molecule has 76 valence electrons. The molecule has 0 saturated carbocycles. The number of pyridine rings is 1. The summed E-state index contributed by atoms with van der Waals surface area (Å²) in [6.07, 6.45) is 1.78. The van der Waals surface area contributed by atoms with E-state index < -0.39 is 0 Å². The minimum atomic E-state index is 0.781. The second-order valence-electron chi connectivity index (χ2n) is 3.07. The van der Waals surface area contributed by atoms with E-state index in [1.807, 2.05) is 12.1 Å². The van der Waals surface area contributed by atoms with Crippen molar-refractivity contribution in [3.05, 3.63) is 22.8 Å². The van der Waals surface area contributed by atoms with Gasteiger partial charge in [0.1, 0.15) is 5.82 Å².